The maximum Gasteiger partial charge on any atom is 0.317 e. The monoisotopic (exact) mass is 394 g/mol. The van der Waals surface area contributed by atoms with Crippen LogP contribution in [0.4, 0.5) is 4.79 Å². The van der Waals surface area contributed by atoms with Gasteiger partial charge in [0.2, 0.25) is 0 Å². The highest BCUT2D eigenvalue weighted by molar-refractivity contribution is 7.92. The van der Waals surface area contributed by atoms with Gasteiger partial charge < -0.3 is 15.0 Å². The fourth-order valence-corrected chi connectivity index (χ4v) is 4.43. The molecule has 0 unspecified atom stereocenters. The molecule has 1 aliphatic heterocycles. The summed E-state index contributed by atoms with van der Waals surface area (Å²) >= 11 is 5.79. The van der Waals surface area contributed by atoms with E-state index in [0.29, 0.717) is 11.6 Å². The van der Waals surface area contributed by atoms with Crippen LogP contribution in [-0.2, 0) is 16.4 Å². The first kappa shape index (κ1) is 18.5. The number of carbonyl (C=O) groups excluding carboxylic acids is 1. The second-order valence-electron chi connectivity index (χ2n) is 6.03. The molecule has 1 fully saturated rings. The Bertz CT molecular complexity index is 876. The average Bonchev–Trinajstić information content (AvgIpc) is 2.59. The number of hydrogen-bond acceptors (Lipinski definition) is 4. The highest BCUT2D eigenvalue weighted by atomic mass is 35.5. The first-order valence-corrected chi connectivity index (χ1v) is 9.98. The third kappa shape index (κ3) is 3.94. The van der Waals surface area contributed by atoms with Crippen LogP contribution in [0.1, 0.15) is 5.56 Å². The lowest BCUT2D eigenvalue weighted by molar-refractivity contribution is 0.169. The fourth-order valence-electron chi connectivity index (χ4n) is 2.65. The Morgan fingerprint density at radius 1 is 1.15 bits per heavy atom. The molecule has 0 aromatic heterocycles. The third-order valence-corrected chi connectivity index (χ3v) is 6.68. The van der Waals surface area contributed by atoms with Crippen LogP contribution in [0.3, 0.4) is 0 Å². The summed E-state index contributed by atoms with van der Waals surface area (Å²) in [6.07, 6.45) is 0. The molecule has 2 aromatic carbocycles. The molecule has 1 saturated heterocycles. The lowest BCUT2D eigenvalue weighted by atomic mass is 10.2. The van der Waals surface area contributed by atoms with Crippen molar-refractivity contribution in [2.24, 2.45) is 0 Å². The minimum atomic E-state index is -3.45. The standard InChI is InChI=1S/C18H19ClN2O4S/c1-25-15-6-2-13(3-7-15)10-20-18(22)21-11-17(12-21)26(23,24)16-8-4-14(19)5-9-16/h2-9,17H,10-12H2,1H3,(H,20,22). The molecular weight excluding hydrogens is 376 g/mol. The topological polar surface area (TPSA) is 75.7 Å². The second-order valence-corrected chi connectivity index (χ2v) is 8.70. The number of nitrogens with one attached hydrogen (secondary N) is 1. The van der Waals surface area contributed by atoms with Crippen LogP contribution in [0.2, 0.25) is 5.02 Å². The Morgan fingerprint density at radius 2 is 1.77 bits per heavy atom. The molecule has 2 amide bonds. The van der Waals surface area contributed by atoms with Crippen molar-refractivity contribution in [1.82, 2.24) is 10.2 Å². The Kier molecular flexibility index (Phi) is 5.38. The predicted molar refractivity (Wildman–Crippen MR) is 99.2 cm³/mol. The number of rotatable bonds is 5. The van der Waals surface area contributed by atoms with Crippen molar-refractivity contribution in [3.63, 3.8) is 0 Å². The van der Waals surface area contributed by atoms with E-state index in [0.717, 1.165) is 11.3 Å². The van der Waals surface area contributed by atoms with Gasteiger partial charge in [-0.3, -0.25) is 0 Å². The Labute approximate surface area is 157 Å². The number of likely N-dealkylation sites (tertiary alicyclic amines) is 1. The normalized spacial score (nSPS) is 14.6. The molecule has 0 radical (unpaired) electrons. The third-order valence-electron chi connectivity index (χ3n) is 4.32. The molecule has 8 heteroatoms. The van der Waals surface area contributed by atoms with Crippen LogP contribution < -0.4 is 10.1 Å². The van der Waals surface area contributed by atoms with Crippen molar-refractivity contribution in [2.75, 3.05) is 20.2 Å². The first-order chi connectivity index (χ1) is 12.4. The predicted octanol–water partition coefficient (Wildman–Crippen LogP) is 2.72. The first-order valence-electron chi connectivity index (χ1n) is 8.05. The Morgan fingerprint density at radius 3 is 2.35 bits per heavy atom. The molecule has 0 spiro atoms. The van der Waals surface area contributed by atoms with Gasteiger partial charge in [0, 0.05) is 24.7 Å². The summed E-state index contributed by atoms with van der Waals surface area (Å²) in [5.41, 5.74) is 0.935. The molecule has 0 atom stereocenters. The lowest BCUT2D eigenvalue weighted by Crippen LogP contribution is -2.59. The van der Waals surface area contributed by atoms with E-state index < -0.39 is 15.1 Å². The van der Waals surface area contributed by atoms with Crippen LogP contribution >= 0.6 is 11.6 Å². The maximum absolute atomic E-state index is 12.5. The number of methoxy groups -OCH3 is 1. The van der Waals surface area contributed by atoms with E-state index in [1.54, 1.807) is 19.2 Å². The van der Waals surface area contributed by atoms with Gasteiger partial charge in [0.05, 0.1) is 12.0 Å². The molecular formula is C18H19ClN2O4S. The Hall–Kier alpha value is -2.25. The van der Waals surface area contributed by atoms with Crippen LogP contribution in [0.5, 0.6) is 5.75 Å². The van der Waals surface area contributed by atoms with Gasteiger partial charge in [-0.05, 0) is 42.0 Å². The average molecular weight is 395 g/mol. The van der Waals surface area contributed by atoms with Crippen molar-refractivity contribution in [3.05, 3.63) is 59.1 Å². The number of urea groups is 1. The molecule has 26 heavy (non-hydrogen) atoms. The summed E-state index contributed by atoms with van der Waals surface area (Å²) in [6.45, 7) is 0.729. The summed E-state index contributed by atoms with van der Waals surface area (Å²) < 4.78 is 30.1. The van der Waals surface area contributed by atoms with E-state index in [2.05, 4.69) is 5.32 Å². The summed E-state index contributed by atoms with van der Waals surface area (Å²) in [5, 5.41) is 2.69. The van der Waals surface area contributed by atoms with Gasteiger partial charge >= 0.3 is 6.03 Å². The van der Waals surface area contributed by atoms with Crippen LogP contribution in [0.25, 0.3) is 0 Å². The molecule has 6 nitrogen and oxygen atoms in total. The SMILES string of the molecule is COc1ccc(CNC(=O)N2CC(S(=O)(=O)c3ccc(Cl)cc3)C2)cc1. The summed E-state index contributed by atoms with van der Waals surface area (Å²) in [5.74, 6) is 0.748. The number of carbonyl (C=O) groups is 1. The molecule has 0 bridgehead atoms. The van der Waals surface area contributed by atoms with E-state index in [-0.39, 0.29) is 24.0 Å². The van der Waals surface area contributed by atoms with E-state index in [4.69, 9.17) is 16.3 Å². The smallest absolute Gasteiger partial charge is 0.317 e. The fraction of sp³-hybridized carbons (Fsp3) is 0.278. The summed E-state index contributed by atoms with van der Waals surface area (Å²) in [6, 6.07) is 13.2. The molecule has 1 aliphatic rings. The van der Waals surface area contributed by atoms with Gasteiger partial charge in [-0.15, -0.1) is 0 Å². The molecule has 0 saturated carbocycles. The van der Waals surface area contributed by atoms with Crippen LogP contribution in [0, 0.1) is 0 Å². The van der Waals surface area contributed by atoms with E-state index in [1.165, 1.54) is 17.0 Å². The number of sulfone groups is 1. The number of benzene rings is 2. The zero-order chi connectivity index (χ0) is 18.7. The zero-order valence-corrected chi connectivity index (χ0v) is 15.8. The minimum absolute atomic E-state index is 0.180. The quantitative estimate of drug-likeness (QED) is 0.846. The van der Waals surface area contributed by atoms with Crippen LogP contribution in [0.15, 0.2) is 53.4 Å². The molecule has 2 aromatic rings. The number of nitrogens with zero attached hydrogens (tertiary/aromatic N) is 1. The van der Waals surface area contributed by atoms with Gasteiger partial charge in [-0.1, -0.05) is 23.7 Å². The molecule has 0 aliphatic carbocycles. The number of hydrogen-bond donors (Lipinski definition) is 1. The van der Waals surface area contributed by atoms with Gasteiger partial charge in [0.25, 0.3) is 0 Å². The largest absolute Gasteiger partial charge is 0.497 e. The van der Waals surface area contributed by atoms with Crippen LogP contribution in [-0.4, -0.2) is 44.8 Å². The zero-order valence-electron chi connectivity index (χ0n) is 14.2. The Balaban J connectivity index is 1.52. The van der Waals surface area contributed by atoms with Crippen molar-refractivity contribution < 1.29 is 17.9 Å². The van der Waals surface area contributed by atoms with Crippen molar-refractivity contribution in [1.29, 1.82) is 0 Å². The maximum atomic E-state index is 12.5. The molecule has 1 N–H and O–H groups in total. The van der Waals surface area contributed by atoms with Gasteiger partial charge in [-0.2, -0.15) is 0 Å². The number of halogens is 1. The van der Waals surface area contributed by atoms with Gasteiger partial charge in [0.15, 0.2) is 9.84 Å². The molecule has 1 heterocycles. The van der Waals surface area contributed by atoms with E-state index in [1.807, 2.05) is 24.3 Å². The molecule has 3 rings (SSSR count). The second kappa shape index (κ2) is 7.55. The number of amides is 2. The highest BCUT2D eigenvalue weighted by Gasteiger charge is 2.40. The van der Waals surface area contributed by atoms with E-state index in [9.17, 15) is 13.2 Å². The van der Waals surface area contributed by atoms with Crippen molar-refractivity contribution in [3.8, 4) is 5.75 Å². The minimum Gasteiger partial charge on any atom is -0.497 e. The number of ether oxygens (including phenoxy) is 1. The molecule has 138 valence electrons. The van der Waals surface area contributed by atoms with Gasteiger partial charge in [-0.25, -0.2) is 13.2 Å². The van der Waals surface area contributed by atoms with E-state index >= 15 is 0 Å². The lowest BCUT2D eigenvalue weighted by Gasteiger charge is -2.38. The summed E-state index contributed by atoms with van der Waals surface area (Å²) in [7, 11) is -1.86. The highest BCUT2D eigenvalue weighted by Crippen LogP contribution is 2.25. The van der Waals surface area contributed by atoms with Crippen molar-refractivity contribution in [2.45, 2.75) is 16.7 Å². The summed E-state index contributed by atoms with van der Waals surface area (Å²) in [4.78, 5) is 13.9. The van der Waals surface area contributed by atoms with Crippen molar-refractivity contribution >= 4 is 27.5 Å². The van der Waals surface area contributed by atoms with Gasteiger partial charge in [0.1, 0.15) is 11.0 Å².